The van der Waals surface area contributed by atoms with Gasteiger partial charge < -0.3 is 4.90 Å². The van der Waals surface area contributed by atoms with E-state index in [1.807, 2.05) is 6.20 Å². The largest absolute Gasteiger partial charge is 0.357 e. The van der Waals surface area contributed by atoms with E-state index < -0.39 is 0 Å². The monoisotopic (exact) mass is 334 g/mol. The van der Waals surface area contributed by atoms with Gasteiger partial charge in [-0.3, -0.25) is 0 Å². The van der Waals surface area contributed by atoms with Crippen LogP contribution in [0.15, 0.2) is 49.2 Å². The molecule has 0 aliphatic carbocycles. The van der Waals surface area contributed by atoms with E-state index in [0.29, 0.717) is 0 Å². The summed E-state index contributed by atoms with van der Waals surface area (Å²) in [5.74, 6) is 1.97. The van der Waals surface area contributed by atoms with Crippen molar-refractivity contribution >= 4 is 11.4 Å². The molecule has 1 aromatic heterocycles. The fraction of sp³-hybridized carbons (Fsp3) is 0.435. The summed E-state index contributed by atoms with van der Waals surface area (Å²) >= 11 is 0. The molecule has 132 valence electrons. The van der Waals surface area contributed by atoms with Crippen LogP contribution in [0.4, 0.5) is 5.82 Å². The quantitative estimate of drug-likeness (QED) is 0.677. The highest BCUT2D eigenvalue weighted by molar-refractivity contribution is 5.63. The van der Waals surface area contributed by atoms with Gasteiger partial charge in [0.2, 0.25) is 0 Å². The molecular weight excluding hydrogens is 304 g/mol. The van der Waals surface area contributed by atoms with Gasteiger partial charge in [0, 0.05) is 19.3 Å². The average Bonchev–Trinajstić information content (AvgIpc) is 2.67. The summed E-state index contributed by atoms with van der Waals surface area (Å²) in [5.41, 5.74) is 5.22. The molecular formula is C23H30N2. The Balaban J connectivity index is 1.49. The van der Waals surface area contributed by atoms with Crippen LogP contribution in [0.1, 0.15) is 49.3 Å². The molecule has 1 fully saturated rings. The van der Waals surface area contributed by atoms with Crippen molar-refractivity contribution in [2.45, 2.75) is 46.0 Å². The zero-order chi connectivity index (χ0) is 17.6. The molecule has 2 heterocycles. The SMILES string of the molecule is C=C(CC)c1cccc(CCC2CCN(c3ccc(C)cn3)CC2)c1. The third-order valence-corrected chi connectivity index (χ3v) is 5.44. The van der Waals surface area contributed by atoms with Crippen molar-refractivity contribution in [2.75, 3.05) is 18.0 Å². The van der Waals surface area contributed by atoms with E-state index in [4.69, 9.17) is 0 Å². The maximum Gasteiger partial charge on any atom is 0.128 e. The van der Waals surface area contributed by atoms with E-state index in [1.54, 1.807) is 0 Å². The molecule has 25 heavy (non-hydrogen) atoms. The molecule has 1 aromatic carbocycles. The molecule has 2 aromatic rings. The van der Waals surface area contributed by atoms with Crippen LogP contribution in [-0.2, 0) is 6.42 Å². The average molecular weight is 335 g/mol. The van der Waals surface area contributed by atoms with E-state index in [9.17, 15) is 0 Å². The first kappa shape index (κ1) is 17.7. The first-order valence-electron chi connectivity index (χ1n) is 9.60. The van der Waals surface area contributed by atoms with Gasteiger partial charge in [0.05, 0.1) is 0 Å². The number of aryl methyl sites for hydroxylation is 2. The summed E-state index contributed by atoms with van der Waals surface area (Å²) in [5, 5.41) is 0. The zero-order valence-corrected chi connectivity index (χ0v) is 15.7. The van der Waals surface area contributed by atoms with Crippen LogP contribution < -0.4 is 4.90 Å². The molecule has 2 nitrogen and oxygen atoms in total. The van der Waals surface area contributed by atoms with Gasteiger partial charge in [-0.2, -0.15) is 0 Å². The zero-order valence-electron chi connectivity index (χ0n) is 15.7. The van der Waals surface area contributed by atoms with Crippen LogP contribution in [-0.4, -0.2) is 18.1 Å². The Morgan fingerprint density at radius 2 is 2.00 bits per heavy atom. The lowest BCUT2D eigenvalue weighted by Gasteiger charge is -2.33. The van der Waals surface area contributed by atoms with Crippen molar-refractivity contribution in [1.29, 1.82) is 0 Å². The summed E-state index contributed by atoms with van der Waals surface area (Å²) in [6, 6.07) is 13.3. The van der Waals surface area contributed by atoms with Crippen molar-refractivity contribution in [3.63, 3.8) is 0 Å². The molecule has 0 unspecified atom stereocenters. The Kier molecular flexibility index (Phi) is 5.91. The van der Waals surface area contributed by atoms with E-state index in [0.717, 1.165) is 31.2 Å². The highest BCUT2D eigenvalue weighted by atomic mass is 15.2. The number of anilines is 1. The fourth-order valence-corrected chi connectivity index (χ4v) is 3.62. The fourth-order valence-electron chi connectivity index (χ4n) is 3.62. The molecule has 1 saturated heterocycles. The predicted octanol–water partition coefficient (Wildman–Crippen LogP) is 5.66. The third kappa shape index (κ3) is 4.72. The van der Waals surface area contributed by atoms with Gasteiger partial charge in [-0.05, 0) is 73.3 Å². The number of benzene rings is 1. The smallest absolute Gasteiger partial charge is 0.128 e. The Morgan fingerprint density at radius 1 is 1.20 bits per heavy atom. The van der Waals surface area contributed by atoms with Crippen LogP contribution in [0.3, 0.4) is 0 Å². The molecule has 0 radical (unpaired) electrons. The molecule has 3 rings (SSSR count). The van der Waals surface area contributed by atoms with Crippen LogP contribution in [0, 0.1) is 12.8 Å². The summed E-state index contributed by atoms with van der Waals surface area (Å²) in [6.45, 7) is 10.7. The van der Waals surface area contributed by atoms with Gasteiger partial charge >= 0.3 is 0 Å². The summed E-state index contributed by atoms with van der Waals surface area (Å²) in [7, 11) is 0. The van der Waals surface area contributed by atoms with Gasteiger partial charge in [0.1, 0.15) is 5.82 Å². The summed E-state index contributed by atoms with van der Waals surface area (Å²) in [6.07, 6.45) is 8.01. The maximum absolute atomic E-state index is 4.57. The topological polar surface area (TPSA) is 16.1 Å². The molecule has 0 N–H and O–H groups in total. The second-order valence-electron chi connectivity index (χ2n) is 7.32. The lowest BCUT2D eigenvalue weighted by molar-refractivity contribution is 0.380. The molecule has 0 spiro atoms. The Hall–Kier alpha value is -2.09. The second kappa shape index (κ2) is 8.33. The first-order chi connectivity index (χ1) is 12.2. The molecule has 1 aliphatic heterocycles. The van der Waals surface area contributed by atoms with Crippen LogP contribution in [0.5, 0.6) is 0 Å². The van der Waals surface area contributed by atoms with Gasteiger partial charge in [-0.15, -0.1) is 0 Å². The standard InChI is InChI=1S/C23H30N2/c1-4-19(3)22-7-5-6-21(16-22)10-9-20-12-14-25(15-13-20)23-11-8-18(2)17-24-23/h5-8,11,16-17,20H,3-4,9-10,12-15H2,1-2H3. The number of rotatable bonds is 6. The number of piperidine rings is 1. The lowest BCUT2D eigenvalue weighted by Crippen LogP contribution is -2.34. The normalized spacial score (nSPS) is 15.4. The van der Waals surface area contributed by atoms with Crippen LogP contribution in [0.2, 0.25) is 0 Å². The maximum atomic E-state index is 4.57. The molecule has 2 heteroatoms. The number of hydrogen-bond acceptors (Lipinski definition) is 2. The van der Waals surface area contributed by atoms with Crippen molar-refractivity contribution < 1.29 is 0 Å². The van der Waals surface area contributed by atoms with E-state index in [2.05, 4.69) is 66.7 Å². The minimum Gasteiger partial charge on any atom is -0.357 e. The van der Waals surface area contributed by atoms with Gasteiger partial charge in [-0.25, -0.2) is 4.98 Å². The summed E-state index contributed by atoms with van der Waals surface area (Å²) < 4.78 is 0. The number of aromatic nitrogens is 1. The first-order valence-corrected chi connectivity index (χ1v) is 9.60. The lowest BCUT2D eigenvalue weighted by atomic mass is 9.90. The highest BCUT2D eigenvalue weighted by Gasteiger charge is 2.19. The Bertz CT molecular complexity index is 694. The van der Waals surface area contributed by atoms with E-state index in [-0.39, 0.29) is 0 Å². The van der Waals surface area contributed by atoms with E-state index >= 15 is 0 Å². The van der Waals surface area contributed by atoms with E-state index in [1.165, 1.54) is 47.9 Å². The van der Waals surface area contributed by atoms with Crippen molar-refractivity contribution in [3.8, 4) is 0 Å². The molecule has 0 atom stereocenters. The molecule has 0 amide bonds. The number of allylic oxidation sites excluding steroid dienone is 1. The minimum atomic E-state index is 0.833. The van der Waals surface area contributed by atoms with Crippen molar-refractivity contribution in [2.24, 2.45) is 5.92 Å². The minimum absolute atomic E-state index is 0.833. The van der Waals surface area contributed by atoms with Gasteiger partial charge in [-0.1, -0.05) is 43.8 Å². The predicted molar refractivity (Wildman–Crippen MR) is 108 cm³/mol. The number of pyridine rings is 1. The number of hydrogen-bond donors (Lipinski definition) is 0. The van der Waals surface area contributed by atoms with Crippen LogP contribution in [0.25, 0.3) is 5.57 Å². The van der Waals surface area contributed by atoms with Gasteiger partial charge in [0.15, 0.2) is 0 Å². The van der Waals surface area contributed by atoms with Gasteiger partial charge in [0.25, 0.3) is 0 Å². The highest BCUT2D eigenvalue weighted by Crippen LogP contribution is 2.26. The van der Waals surface area contributed by atoms with Crippen molar-refractivity contribution in [1.82, 2.24) is 4.98 Å². The number of nitrogens with zero attached hydrogens (tertiary/aromatic N) is 2. The van der Waals surface area contributed by atoms with Crippen LogP contribution >= 0.6 is 0 Å². The van der Waals surface area contributed by atoms with Crippen molar-refractivity contribution in [3.05, 3.63) is 65.9 Å². The Labute approximate surface area is 152 Å². The molecule has 1 aliphatic rings. The molecule has 0 saturated carbocycles. The third-order valence-electron chi connectivity index (χ3n) is 5.44. The second-order valence-corrected chi connectivity index (χ2v) is 7.32. The summed E-state index contributed by atoms with van der Waals surface area (Å²) in [4.78, 5) is 7.00. The molecule has 0 bridgehead atoms. The Morgan fingerprint density at radius 3 is 2.68 bits per heavy atom.